The summed E-state index contributed by atoms with van der Waals surface area (Å²) in [6.07, 6.45) is 0. The van der Waals surface area contributed by atoms with Crippen molar-refractivity contribution < 1.29 is 57.7 Å². The lowest BCUT2D eigenvalue weighted by Gasteiger charge is -1.82. The van der Waals surface area contributed by atoms with E-state index in [1.807, 2.05) is 0 Å². The zero-order valence-electron chi connectivity index (χ0n) is 7.09. The van der Waals surface area contributed by atoms with Crippen molar-refractivity contribution in [1.82, 2.24) is 0 Å². The van der Waals surface area contributed by atoms with E-state index in [1.54, 1.807) is 0 Å². The van der Waals surface area contributed by atoms with Crippen LogP contribution in [-0.2, 0) is 13.7 Å². The van der Waals surface area contributed by atoms with Crippen LogP contribution in [0.1, 0.15) is 0 Å². The van der Waals surface area contributed by atoms with E-state index >= 15 is 0 Å². The Morgan fingerprint density at radius 2 is 0.471 bits per heavy atom. The normalized spacial score (nSPS) is 10.4. The van der Waals surface area contributed by atoms with Crippen LogP contribution >= 0.6 is 37.0 Å². The highest BCUT2D eigenvalue weighted by molar-refractivity contribution is 7.59. The van der Waals surface area contributed by atoms with Gasteiger partial charge in [-0.3, -0.25) is 0 Å². The van der Waals surface area contributed by atoms with Crippen molar-refractivity contribution in [2.45, 2.75) is 0 Å². The molecule has 0 radical (unpaired) electrons. The van der Waals surface area contributed by atoms with Gasteiger partial charge in [0.15, 0.2) is 17.4 Å². The van der Waals surface area contributed by atoms with Crippen LogP contribution in [0, 0.1) is 0 Å². The molecular weight excluding hydrogens is 344 g/mol. The van der Waals surface area contributed by atoms with Gasteiger partial charge in [0.2, 0.25) is 0 Å². The molecule has 0 saturated carbocycles. The van der Waals surface area contributed by atoms with E-state index in [2.05, 4.69) is 0 Å². The van der Waals surface area contributed by atoms with Crippen molar-refractivity contribution in [3.8, 4) is 0 Å². The zero-order valence-corrected chi connectivity index (χ0v) is 10.8. The van der Waals surface area contributed by atoms with Gasteiger partial charge in [-0.25, -0.2) is 13.7 Å². The zero-order chi connectivity index (χ0) is 13.5. The molecule has 0 aliphatic heterocycles. The lowest BCUT2D eigenvalue weighted by molar-refractivity contribution is 0.272. The molecule has 0 aromatic carbocycles. The second-order valence-corrected chi connectivity index (χ2v) is 4.62. The third kappa shape index (κ3) is 2710. The summed E-state index contributed by atoms with van der Waals surface area (Å²) in [7, 11) is -13.9. The summed E-state index contributed by atoms with van der Waals surface area (Å²) in [6, 6.07) is 0. The molecule has 0 spiro atoms. The average molecular weight is 358 g/mol. The van der Waals surface area contributed by atoms with Crippen molar-refractivity contribution in [3.05, 3.63) is 0 Å². The largest absolute Gasteiger partial charge is 0.466 e. The predicted octanol–water partition coefficient (Wildman–Crippen LogP) is -3.86. The van der Waals surface area contributed by atoms with Gasteiger partial charge in [-0.15, -0.1) is 0 Å². The fourth-order valence-electron chi connectivity index (χ4n) is 0. The number of phosphoric acid groups is 3. The highest BCUT2D eigenvalue weighted by Gasteiger charge is 2.01. The molecule has 0 bridgehead atoms. The number of hydrogen-bond donors (Lipinski definition) is 9. The van der Waals surface area contributed by atoms with E-state index in [-0.39, 0.29) is 30.9 Å². The highest BCUT2D eigenvalue weighted by atomic mass is 32.1. The topological polar surface area (TPSA) is 233 Å². The van der Waals surface area contributed by atoms with Gasteiger partial charge >= 0.3 is 23.5 Å². The Morgan fingerprint density at radius 1 is 0.471 bits per heavy atom. The third-order valence-corrected chi connectivity index (χ3v) is 0. The van der Waals surface area contributed by atoms with Crippen molar-refractivity contribution in [1.29, 1.82) is 0 Å². The molecule has 9 N–H and O–H groups in total. The van der Waals surface area contributed by atoms with Crippen LogP contribution in [0.15, 0.2) is 0 Å². The molecule has 0 unspecified atom stereocenters. The Morgan fingerprint density at radius 3 is 0.471 bits per heavy atom. The van der Waals surface area contributed by atoms with Crippen LogP contribution in [0.25, 0.3) is 0 Å². The van der Waals surface area contributed by atoms with Gasteiger partial charge in [-0.1, -0.05) is 0 Å². The lowest BCUT2D eigenvalue weighted by Crippen LogP contribution is -1.66. The van der Waals surface area contributed by atoms with E-state index in [9.17, 15) is 0 Å². The third-order valence-electron chi connectivity index (χ3n) is 0. The Balaban J connectivity index is -0.0000000400. The molecule has 0 saturated heterocycles. The first kappa shape index (κ1) is 30.9. The molecule has 110 valence electrons. The summed E-state index contributed by atoms with van der Waals surface area (Å²) in [5.74, 6) is 0. The predicted molar refractivity (Wildman–Crippen MR) is 63.1 cm³/mol. The van der Waals surface area contributed by atoms with Crippen molar-refractivity contribution in [2.75, 3.05) is 0 Å². The van der Waals surface area contributed by atoms with Crippen molar-refractivity contribution in [2.24, 2.45) is 0 Å². The van der Waals surface area contributed by atoms with E-state index in [0.29, 0.717) is 0 Å². The van der Waals surface area contributed by atoms with Crippen molar-refractivity contribution in [3.63, 3.8) is 0 Å². The van der Waals surface area contributed by atoms with Gasteiger partial charge in [-0.05, 0) is 0 Å². The van der Waals surface area contributed by atoms with Crippen LogP contribution in [-0.4, -0.2) is 61.4 Å². The van der Waals surface area contributed by atoms with Crippen molar-refractivity contribution >= 4 is 54.3 Å². The average Bonchev–Trinajstić information content (AvgIpc) is 1.41. The van der Waals surface area contributed by atoms with E-state index in [1.165, 1.54) is 0 Å². The first-order valence-electron chi connectivity index (χ1n) is 2.35. The minimum absolute atomic E-state index is 0. The van der Waals surface area contributed by atoms with Gasteiger partial charge in [0.05, 0.1) is 0 Å². The molecule has 0 aliphatic rings. The molecule has 0 aromatic rings. The highest BCUT2D eigenvalue weighted by Crippen LogP contribution is 2.26. The minimum atomic E-state index is -4.64. The molecule has 0 fully saturated rings. The summed E-state index contributed by atoms with van der Waals surface area (Å²) in [5.41, 5.74) is 0. The maximum absolute atomic E-state index is 8.88. The summed E-state index contributed by atoms with van der Waals surface area (Å²) < 4.78 is 26.6. The van der Waals surface area contributed by atoms with Gasteiger partial charge in [0, 0.05) is 0 Å². The standard InChI is InChI=1S/Al.3H3O4P.H2S.3H/c;3*1-5(2,3)4;;;;/h;3*(H3,1,2,3,4);1H2;;;. The number of hydrogen-bond acceptors (Lipinski definition) is 3. The second-order valence-electron chi connectivity index (χ2n) is 1.54. The van der Waals surface area contributed by atoms with E-state index in [0.717, 1.165) is 0 Å². The fraction of sp³-hybridized carbons (Fsp3) is 0. The maximum Gasteiger partial charge on any atom is 0.466 e. The van der Waals surface area contributed by atoms with E-state index in [4.69, 9.17) is 57.7 Å². The number of rotatable bonds is 0. The first-order valence-corrected chi connectivity index (χ1v) is 7.04. The molecule has 17 heteroatoms. The van der Waals surface area contributed by atoms with Gasteiger partial charge < -0.3 is 44.0 Å². The molecule has 0 aliphatic carbocycles. The quantitative estimate of drug-likeness (QED) is 0.149. The van der Waals surface area contributed by atoms with Gasteiger partial charge in [0.1, 0.15) is 0 Å². The Kier molecular flexibility index (Phi) is 22.3. The molecule has 17 heavy (non-hydrogen) atoms. The second kappa shape index (κ2) is 12.3. The van der Waals surface area contributed by atoms with Crippen LogP contribution in [0.2, 0.25) is 0 Å². The minimum Gasteiger partial charge on any atom is -0.303 e. The van der Waals surface area contributed by atoms with E-state index < -0.39 is 23.5 Å². The van der Waals surface area contributed by atoms with Gasteiger partial charge in [0.25, 0.3) is 0 Å². The monoisotopic (exact) mass is 358 g/mol. The van der Waals surface area contributed by atoms with Crippen LogP contribution in [0.4, 0.5) is 0 Å². The molecule has 12 nitrogen and oxygen atoms in total. The van der Waals surface area contributed by atoms with Crippen LogP contribution in [0.3, 0.4) is 0 Å². The lowest BCUT2D eigenvalue weighted by atomic mass is 15.8. The molecule has 0 aromatic heterocycles. The summed E-state index contributed by atoms with van der Waals surface area (Å²) in [6.45, 7) is 0. The first-order chi connectivity index (χ1) is 6.00. The summed E-state index contributed by atoms with van der Waals surface area (Å²) >= 11 is 0. The molecule has 0 amide bonds. The maximum atomic E-state index is 8.88. The molecule has 0 heterocycles. The summed E-state index contributed by atoms with van der Waals surface area (Å²) in [4.78, 5) is 64.7. The van der Waals surface area contributed by atoms with Crippen LogP contribution in [0.5, 0.6) is 0 Å². The van der Waals surface area contributed by atoms with Crippen LogP contribution < -0.4 is 0 Å². The Labute approximate surface area is 112 Å². The summed E-state index contributed by atoms with van der Waals surface area (Å²) in [5, 5.41) is 0. The Hall–Kier alpha value is 1.21. The molecule has 0 atom stereocenters. The Bertz CT molecular complexity index is 208. The molecule has 0 rings (SSSR count). The SMILES string of the molecule is O=P(O)(O)O.O=P(O)(O)O.O=P(O)(O)O.S.[AlH3]. The fourth-order valence-corrected chi connectivity index (χ4v) is 0. The molecular formula is H14AlO12P3S. The van der Waals surface area contributed by atoms with Gasteiger partial charge in [-0.2, -0.15) is 13.5 Å². The smallest absolute Gasteiger partial charge is 0.303 e.